The van der Waals surface area contributed by atoms with Gasteiger partial charge in [-0.05, 0) is 13.8 Å². The number of hydrogen-bond acceptors (Lipinski definition) is 2. The smallest absolute Gasteiger partial charge is 0.0217 e. The van der Waals surface area contributed by atoms with Crippen LogP contribution in [0.3, 0.4) is 0 Å². The monoisotopic (exact) mass is 174 g/mol. The molecule has 0 atom stereocenters. The van der Waals surface area contributed by atoms with Crippen LogP contribution in [-0.2, 0) is 0 Å². The van der Waals surface area contributed by atoms with Gasteiger partial charge in [0.1, 0.15) is 0 Å². The van der Waals surface area contributed by atoms with Crippen LogP contribution in [0.2, 0.25) is 0 Å². The first-order valence-corrected chi connectivity index (χ1v) is 5.87. The van der Waals surface area contributed by atoms with E-state index >= 15 is 0 Å². The summed E-state index contributed by atoms with van der Waals surface area (Å²) >= 11 is 0. The highest BCUT2D eigenvalue weighted by Gasteiger charge is 1.81. The molecule has 0 aliphatic rings. The van der Waals surface area contributed by atoms with E-state index in [-0.39, 0.29) is 0 Å². The lowest BCUT2D eigenvalue weighted by Crippen LogP contribution is -1.66. The average molecular weight is 174 g/mol. The summed E-state index contributed by atoms with van der Waals surface area (Å²) in [6.07, 6.45) is 8.52. The van der Waals surface area contributed by atoms with Gasteiger partial charge >= 0.3 is 0 Å². The van der Waals surface area contributed by atoms with E-state index in [0.29, 0.717) is 0 Å². The molecular weight excluding hydrogens is 160 g/mol. The van der Waals surface area contributed by atoms with Crippen LogP contribution < -0.4 is 0 Å². The minimum absolute atomic E-state index is 1.12. The van der Waals surface area contributed by atoms with Crippen LogP contribution in [0.1, 0.15) is 13.8 Å². The Morgan fingerprint density at radius 2 is 1.30 bits per heavy atom. The molecule has 0 saturated carbocycles. The Labute approximate surface area is 71.6 Å². The normalized spacial score (nSPS) is 11.8. The van der Waals surface area contributed by atoms with Gasteiger partial charge in [-0.25, -0.2) is 0 Å². The van der Waals surface area contributed by atoms with Crippen LogP contribution in [-0.4, -0.2) is 11.5 Å². The molecule has 0 fully saturated rings. The van der Waals surface area contributed by atoms with E-state index in [1.54, 1.807) is 0 Å². The first kappa shape index (κ1) is 10.2. The summed E-state index contributed by atoms with van der Waals surface area (Å²) in [6.45, 7) is 4.11. The van der Waals surface area contributed by atoms with Crippen molar-refractivity contribution in [1.29, 1.82) is 0 Å². The Bertz CT molecular complexity index is 91.8. The Morgan fingerprint density at radius 1 is 0.900 bits per heavy atom. The van der Waals surface area contributed by atoms with Gasteiger partial charge in [0.15, 0.2) is 0 Å². The Morgan fingerprint density at radius 3 is 1.60 bits per heavy atom. The Hall–Kier alpha value is 0.180. The minimum atomic E-state index is 1.12. The van der Waals surface area contributed by atoms with Crippen LogP contribution in [0.5, 0.6) is 0 Å². The van der Waals surface area contributed by atoms with E-state index in [0.717, 1.165) is 11.5 Å². The summed E-state index contributed by atoms with van der Waals surface area (Å²) in [6, 6.07) is 0. The minimum Gasteiger partial charge on any atom is -0.0908 e. The van der Waals surface area contributed by atoms with E-state index in [9.17, 15) is 0 Å². The zero-order valence-corrected chi connectivity index (χ0v) is 8.17. The van der Waals surface area contributed by atoms with Crippen molar-refractivity contribution in [3.8, 4) is 0 Å². The summed E-state index contributed by atoms with van der Waals surface area (Å²) in [7, 11) is 3.79. The van der Waals surface area contributed by atoms with E-state index in [1.807, 2.05) is 21.6 Å². The number of rotatable bonds is 5. The van der Waals surface area contributed by atoms with E-state index in [1.165, 1.54) is 0 Å². The van der Waals surface area contributed by atoms with Crippen molar-refractivity contribution in [2.45, 2.75) is 13.8 Å². The first-order valence-electron chi connectivity index (χ1n) is 3.38. The Balaban J connectivity index is 2.90. The second-order valence-corrected chi connectivity index (χ2v) is 4.26. The maximum atomic E-state index is 2.17. The third-order valence-electron chi connectivity index (χ3n) is 0.883. The van der Waals surface area contributed by atoms with Crippen molar-refractivity contribution in [3.63, 3.8) is 0 Å². The van der Waals surface area contributed by atoms with E-state index < -0.39 is 0 Å². The fourth-order valence-electron chi connectivity index (χ4n) is 0.367. The molecule has 0 rings (SSSR count). The topological polar surface area (TPSA) is 0 Å². The van der Waals surface area contributed by atoms with Crippen molar-refractivity contribution in [2.75, 3.05) is 11.5 Å². The average Bonchev–Trinajstić information content (AvgIpc) is 1.97. The van der Waals surface area contributed by atoms with Crippen LogP contribution >= 0.6 is 21.6 Å². The lowest BCUT2D eigenvalue weighted by atomic mass is 10.6. The molecule has 0 aromatic rings. The van der Waals surface area contributed by atoms with E-state index in [2.05, 4.69) is 38.2 Å². The highest BCUT2D eigenvalue weighted by atomic mass is 33.1. The van der Waals surface area contributed by atoms with Crippen molar-refractivity contribution in [3.05, 3.63) is 24.3 Å². The number of hydrogen-bond donors (Lipinski definition) is 0. The van der Waals surface area contributed by atoms with Crippen molar-refractivity contribution in [1.82, 2.24) is 0 Å². The predicted octanol–water partition coefficient (Wildman–Crippen LogP) is 3.52. The summed E-state index contributed by atoms with van der Waals surface area (Å²) in [4.78, 5) is 0. The maximum Gasteiger partial charge on any atom is 0.0217 e. The molecule has 0 amide bonds. The molecule has 0 heterocycles. The fourth-order valence-corrected chi connectivity index (χ4v) is 2.15. The van der Waals surface area contributed by atoms with Crippen molar-refractivity contribution >= 4 is 21.6 Å². The fraction of sp³-hybridized carbons (Fsp3) is 0.500. The van der Waals surface area contributed by atoms with E-state index in [4.69, 9.17) is 0 Å². The van der Waals surface area contributed by atoms with Gasteiger partial charge in [-0.2, -0.15) is 0 Å². The SMILES string of the molecule is C/C=C/CSSC/C=C/C. The largest absolute Gasteiger partial charge is 0.0908 e. The first-order chi connectivity index (χ1) is 4.91. The second-order valence-electron chi connectivity index (χ2n) is 1.71. The summed E-state index contributed by atoms with van der Waals surface area (Å²) < 4.78 is 0. The summed E-state index contributed by atoms with van der Waals surface area (Å²) in [5.74, 6) is 2.25. The van der Waals surface area contributed by atoms with Gasteiger partial charge in [-0.15, -0.1) is 0 Å². The van der Waals surface area contributed by atoms with Gasteiger partial charge < -0.3 is 0 Å². The maximum absolute atomic E-state index is 2.17. The molecule has 2 heteroatoms. The molecule has 0 aliphatic carbocycles. The highest BCUT2D eigenvalue weighted by molar-refractivity contribution is 8.76. The third-order valence-corrected chi connectivity index (χ3v) is 3.02. The van der Waals surface area contributed by atoms with Crippen molar-refractivity contribution < 1.29 is 0 Å². The van der Waals surface area contributed by atoms with Crippen LogP contribution in [0, 0.1) is 0 Å². The molecule has 0 spiro atoms. The molecule has 0 aliphatic heterocycles. The second kappa shape index (κ2) is 9.18. The summed E-state index contributed by atoms with van der Waals surface area (Å²) in [5, 5.41) is 0. The van der Waals surface area contributed by atoms with Gasteiger partial charge in [0.05, 0.1) is 0 Å². The van der Waals surface area contributed by atoms with Gasteiger partial charge in [-0.1, -0.05) is 45.9 Å². The molecule has 0 aromatic heterocycles. The zero-order chi connectivity index (χ0) is 7.66. The molecular formula is C8H14S2. The molecule has 0 saturated heterocycles. The number of allylic oxidation sites excluding steroid dienone is 2. The zero-order valence-electron chi connectivity index (χ0n) is 6.54. The van der Waals surface area contributed by atoms with Crippen LogP contribution in [0.4, 0.5) is 0 Å². The molecule has 0 bridgehead atoms. The highest BCUT2D eigenvalue weighted by Crippen LogP contribution is 2.20. The van der Waals surface area contributed by atoms with Crippen LogP contribution in [0.25, 0.3) is 0 Å². The van der Waals surface area contributed by atoms with Gasteiger partial charge in [0, 0.05) is 11.5 Å². The third kappa shape index (κ3) is 8.18. The standard InChI is InChI=1S/C8H14S2/c1-3-5-7-9-10-8-6-4-2/h3-6H,7-8H2,1-2H3/b5-3+,6-4+. The molecule has 0 unspecified atom stereocenters. The van der Waals surface area contributed by atoms with Gasteiger partial charge in [0.25, 0.3) is 0 Å². The van der Waals surface area contributed by atoms with Gasteiger partial charge in [-0.3, -0.25) is 0 Å². The predicted molar refractivity (Wildman–Crippen MR) is 54.5 cm³/mol. The van der Waals surface area contributed by atoms with Crippen molar-refractivity contribution in [2.24, 2.45) is 0 Å². The lowest BCUT2D eigenvalue weighted by molar-refractivity contribution is 1.66. The van der Waals surface area contributed by atoms with Gasteiger partial charge in [0.2, 0.25) is 0 Å². The van der Waals surface area contributed by atoms with Crippen LogP contribution in [0.15, 0.2) is 24.3 Å². The molecule has 10 heavy (non-hydrogen) atoms. The summed E-state index contributed by atoms with van der Waals surface area (Å²) in [5.41, 5.74) is 0. The Kier molecular flexibility index (Phi) is 9.35. The molecule has 0 nitrogen and oxygen atoms in total. The lowest BCUT2D eigenvalue weighted by Gasteiger charge is -1.90. The molecule has 0 radical (unpaired) electrons. The molecule has 58 valence electrons. The quantitative estimate of drug-likeness (QED) is 0.355. The molecule has 0 aromatic carbocycles. The molecule has 0 N–H and O–H groups in total.